The first-order valence-corrected chi connectivity index (χ1v) is 9.60. The summed E-state index contributed by atoms with van der Waals surface area (Å²) in [5.74, 6) is 0.853. The van der Waals surface area contributed by atoms with E-state index in [1.54, 1.807) is 17.7 Å². The van der Waals surface area contributed by atoms with Crippen molar-refractivity contribution in [3.63, 3.8) is 0 Å². The number of likely N-dealkylation sites (tertiary alicyclic amines) is 1. The molecule has 1 fully saturated rings. The molecule has 2 aliphatic heterocycles. The molecule has 8 heteroatoms. The van der Waals surface area contributed by atoms with E-state index >= 15 is 0 Å². The van der Waals surface area contributed by atoms with Crippen LogP contribution in [0.3, 0.4) is 0 Å². The van der Waals surface area contributed by atoms with Gasteiger partial charge in [-0.05, 0) is 43.0 Å². The smallest absolute Gasteiger partial charge is 0.272 e. The summed E-state index contributed by atoms with van der Waals surface area (Å²) in [6.45, 7) is 1.95. The third-order valence-corrected chi connectivity index (χ3v) is 5.92. The van der Waals surface area contributed by atoms with E-state index < -0.39 is 0 Å². The van der Waals surface area contributed by atoms with E-state index in [4.69, 9.17) is 9.47 Å². The maximum Gasteiger partial charge on any atom is 0.272 e. The summed E-state index contributed by atoms with van der Waals surface area (Å²) in [6.07, 6.45) is 3.86. The summed E-state index contributed by atoms with van der Waals surface area (Å²) >= 11 is 0. The Labute approximate surface area is 175 Å². The van der Waals surface area contributed by atoms with Crippen LogP contribution in [0, 0.1) is 0 Å². The molecule has 7 nitrogen and oxygen atoms in total. The number of amides is 1. The van der Waals surface area contributed by atoms with Crippen molar-refractivity contribution >= 4 is 24.0 Å². The van der Waals surface area contributed by atoms with Crippen LogP contribution in [0.25, 0.3) is 5.65 Å². The second-order valence-electron chi connectivity index (χ2n) is 7.32. The van der Waals surface area contributed by atoms with Gasteiger partial charge in [0.2, 0.25) is 0 Å². The van der Waals surface area contributed by atoms with Crippen LogP contribution in [-0.2, 0) is 16.8 Å². The Bertz CT molecular complexity index is 1030. The molecule has 0 aliphatic carbocycles. The van der Waals surface area contributed by atoms with E-state index in [0.717, 1.165) is 30.6 Å². The predicted octanol–water partition coefficient (Wildman–Crippen LogP) is 2.86. The molecule has 1 spiro atoms. The number of methoxy groups -OCH3 is 1. The lowest BCUT2D eigenvalue weighted by Crippen LogP contribution is -2.48. The fourth-order valence-electron chi connectivity index (χ4n) is 4.54. The summed E-state index contributed by atoms with van der Waals surface area (Å²) < 4.78 is 13.6. The lowest BCUT2D eigenvalue weighted by Gasteiger charge is -2.45. The number of hydrogen-bond acceptors (Lipinski definition) is 5. The van der Waals surface area contributed by atoms with Crippen molar-refractivity contribution in [3.05, 3.63) is 59.5 Å². The second-order valence-corrected chi connectivity index (χ2v) is 7.32. The van der Waals surface area contributed by atoms with Crippen molar-refractivity contribution in [2.75, 3.05) is 26.8 Å². The standard InChI is InChI=1S/C21H22N4O3.ClH/c1-27-17-6-2-4-15-8-13-28-21(19(15)17)9-11-24(12-10-21)20(26)16-5-3-7-18-22-14-23-25(16)18;/h2-7,14H,8-13H2,1H3;1H. The van der Waals surface area contributed by atoms with Gasteiger partial charge in [0.15, 0.2) is 5.65 Å². The highest BCUT2D eigenvalue weighted by molar-refractivity contribution is 5.93. The van der Waals surface area contributed by atoms with Gasteiger partial charge in [0.25, 0.3) is 5.91 Å². The van der Waals surface area contributed by atoms with Crippen LogP contribution < -0.4 is 4.74 Å². The van der Waals surface area contributed by atoms with Crippen molar-refractivity contribution in [2.24, 2.45) is 0 Å². The topological polar surface area (TPSA) is 69.0 Å². The summed E-state index contributed by atoms with van der Waals surface area (Å²) in [4.78, 5) is 19.2. The van der Waals surface area contributed by atoms with Crippen molar-refractivity contribution < 1.29 is 14.3 Å². The fourth-order valence-corrected chi connectivity index (χ4v) is 4.54. The summed E-state index contributed by atoms with van der Waals surface area (Å²) in [5.41, 5.74) is 3.28. The van der Waals surface area contributed by atoms with Crippen molar-refractivity contribution in [2.45, 2.75) is 24.9 Å². The largest absolute Gasteiger partial charge is 0.496 e. The zero-order chi connectivity index (χ0) is 19.1. The van der Waals surface area contributed by atoms with Gasteiger partial charge in [0.1, 0.15) is 23.4 Å². The van der Waals surface area contributed by atoms with E-state index in [0.29, 0.717) is 31.0 Å². The number of hydrogen-bond donors (Lipinski definition) is 0. The number of nitrogens with zero attached hydrogens (tertiary/aromatic N) is 4. The molecule has 2 aliphatic rings. The first-order valence-electron chi connectivity index (χ1n) is 9.60. The average molecular weight is 415 g/mol. The van der Waals surface area contributed by atoms with Gasteiger partial charge in [0.05, 0.1) is 13.7 Å². The lowest BCUT2D eigenvalue weighted by atomic mass is 9.78. The maximum absolute atomic E-state index is 13.1. The number of ether oxygens (including phenoxy) is 2. The molecule has 29 heavy (non-hydrogen) atoms. The second kappa shape index (κ2) is 7.65. The van der Waals surface area contributed by atoms with Crippen molar-refractivity contribution in [1.82, 2.24) is 19.5 Å². The van der Waals surface area contributed by atoms with Crippen LogP contribution in [0.1, 0.15) is 34.5 Å². The van der Waals surface area contributed by atoms with Crippen LogP contribution >= 0.6 is 12.4 Å². The van der Waals surface area contributed by atoms with Gasteiger partial charge in [-0.2, -0.15) is 5.10 Å². The summed E-state index contributed by atoms with van der Waals surface area (Å²) in [7, 11) is 1.70. The highest BCUT2D eigenvalue weighted by Crippen LogP contribution is 2.45. The Morgan fingerprint density at radius 3 is 2.76 bits per heavy atom. The van der Waals surface area contributed by atoms with Crippen molar-refractivity contribution in [3.8, 4) is 5.75 Å². The minimum Gasteiger partial charge on any atom is -0.496 e. The van der Waals surface area contributed by atoms with E-state index in [1.807, 2.05) is 29.2 Å². The molecule has 0 bridgehead atoms. The number of carbonyl (C=O) groups is 1. The highest BCUT2D eigenvalue weighted by Gasteiger charge is 2.43. The van der Waals surface area contributed by atoms with Crippen LogP contribution in [0.15, 0.2) is 42.7 Å². The molecule has 1 amide bonds. The number of pyridine rings is 1. The van der Waals surface area contributed by atoms with E-state index in [2.05, 4.69) is 16.1 Å². The predicted molar refractivity (Wildman–Crippen MR) is 110 cm³/mol. The fraction of sp³-hybridized carbons (Fsp3) is 0.381. The highest BCUT2D eigenvalue weighted by atomic mass is 35.5. The molecule has 4 heterocycles. The molecule has 0 atom stereocenters. The quantitative estimate of drug-likeness (QED) is 0.645. The molecule has 0 saturated carbocycles. The minimum absolute atomic E-state index is 0. The normalized spacial score (nSPS) is 17.6. The van der Waals surface area contributed by atoms with Crippen LogP contribution in [0.2, 0.25) is 0 Å². The number of fused-ring (bicyclic) bond motifs is 3. The van der Waals surface area contributed by atoms with Crippen molar-refractivity contribution in [1.29, 1.82) is 0 Å². The number of halogens is 1. The maximum atomic E-state index is 13.1. The summed E-state index contributed by atoms with van der Waals surface area (Å²) in [6, 6.07) is 11.7. The van der Waals surface area contributed by atoms with Gasteiger partial charge >= 0.3 is 0 Å². The molecule has 1 saturated heterocycles. The number of rotatable bonds is 2. The molecular formula is C21H23ClN4O3. The Morgan fingerprint density at radius 2 is 1.97 bits per heavy atom. The third kappa shape index (κ3) is 3.14. The molecule has 0 N–H and O–H groups in total. The van der Waals surface area contributed by atoms with E-state index in [-0.39, 0.29) is 23.9 Å². The number of carbonyl (C=O) groups excluding carboxylic acids is 1. The number of benzene rings is 1. The van der Waals surface area contributed by atoms with Gasteiger partial charge in [-0.1, -0.05) is 18.2 Å². The monoisotopic (exact) mass is 414 g/mol. The number of piperidine rings is 1. The number of aromatic nitrogens is 3. The molecular weight excluding hydrogens is 392 g/mol. The Morgan fingerprint density at radius 1 is 1.17 bits per heavy atom. The van der Waals surface area contributed by atoms with E-state index in [9.17, 15) is 4.79 Å². The Balaban J connectivity index is 0.00000205. The van der Waals surface area contributed by atoms with Gasteiger partial charge in [0, 0.05) is 18.7 Å². The molecule has 5 rings (SSSR count). The first kappa shape index (κ1) is 19.7. The molecule has 152 valence electrons. The van der Waals surface area contributed by atoms with Crippen LogP contribution in [0.5, 0.6) is 5.75 Å². The zero-order valence-electron chi connectivity index (χ0n) is 16.2. The molecule has 2 aromatic heterocycles. The third-order valence-electron chi connectivity index (χ3n) is 5.92. The van der Waals surface area contributed by atoms with Crippen LogP contribution in [0.4, 0.5) is 0 Å². The molecule has 0 unspecified atom stereocenters. The van der Waals surface area contributed by atoms with Gasteiger partial charge in [-0.15, -0.1) is 12.4 Å². The minimum atomic E-state index is -0.379. The SMILES string of the molecule is COc1cccc2c1C1(CCN(C(=O)c3cccc4ncnn34)CC1)OCC2.Cl. The van der Waals surface area contributed by atoms with Gasteiger partial charge in [-0.3, -0.25) is 4.79 Å². The van der Waals surface area contributed by atoms with Crippen LogP contribution in [-0.4, -0.2) is 52.2 Å². The molecule has 1 aromatic carbocycles. The van der Waals surface area contributed by atoms with Gasteiger partial charge < -0.3 is 14.4 Å². The summed E-state index contributed by atoms with van der Waals surface area (Å²) in [5, 5.41) is 4.19. The Kier molecular flexibility index (Phi) is 5.19. The zero-order valence-corrected chi connectivity index (χ0v) is 17.0. The average Bonchev–Trinajstić information content (AvgIpc) is 3.22. The molecule has 0 radical (unpaired) electrons. The first-order chi connectivity index (χ1) is 13.7. The Hall–Kier alpha value is -2.64. The lowest BCUT2D eigenvalue weighted by molar-refractivity contribution is -0.0947. The van der Waals surface area contributed by atoms with E-state index in [1.165, 1.54) is 11.9 Å². The van der Waals surface area contributed by atoms with Gasteiger partial charge in [-0.25, -0.2) is 9.50 Å². The molecule has 3 aromatic rings.